The minimum atomic E-state index is -0.837. The molecule has 86 valence electrons. The lowest BCUT2D eigenvalue weighted by molar-refractivity contribution is 0.0681. The van der Waals surface area contributed by atoms with E-state index in [9.17, 15) is 4.79 Å². The summed E-state index contributed by atoms with van der Waals surface area (Å²) >= 11 is 0. The number of aromatic carboxylic acids is 1. The van der Waals surface area contributed by atoms with E-state index >= 15 is 0 Å². The molecule has 0 atom stereocenters. The van der Waals surface area contributed by atoms with Crippen LogP contribution < -0.4 is 0 Å². The Kier molecular flexibility index (Phi) is 4.80. The number of likely N-dealkylation sites (N-methyl/N-ethyl adjacent to an activating group) is 1. The molecule has 0 bridgehead atoms. The minimum Gasteiger partial charge on any atom is -0.477 e. The number of carboxylic acid groups (broad SMARTS) is 1. The topological polar surface area (TPSA) is 77.0 Å². The van der Waals surface area contributed by atoms with Crippen molar-refractivity contribution in [3.05, 3.63) is 23.5 Å². The number of carbonyl (C=O) groups is 1. The Morgan fingerprint density at radius 1 is 1.40 bits per heavy atom. The fraction of sp³-hybridized carbons (Fsp3) is 0.444. The first-order chi connectivity index (χ1) is 6.18. The quantitative estimate of drug-likeness (QED) is 0.756. The van der Waals surface area contributed by atoms with E-state index in [1.807, 2.05) is 17.7 Å². The van der Waals surface area contributed by atoms with E-state index in [4.69, 9.17) is 5.11 Å². The molecule has 0 radical (unpaired) electrons. The molecule has 3 N–H and O–H groups in total. The van der Waals surface area contributed by atoms with Gasteiger partial charge in [0.05, 0.1) is 0 Å². The predicted molar refractivity (Wildman–Crippen MR) is 58.6 cm³/mol. The molecule has 0 saturated carbocycles. The van der Waals surface area contributed by atoms with E-state index < -0.39 is 5.97 Å². The number of fused-ring (bicyclic) bond motifs is 1. The summed E-state index contributed by atoms with van der Waals surface area (Å²) in [7, 11) is 2.04. The second kappa shape index (κ2) is 5.16. The van der Waals surface area contributed by atoms with Crippen LogP contribution in [-0.4, -0.2) is 39.6 Å². The van der Waals surface area contributed by atoms with E-state index in [1.54, 1.807) is 6.07 Å². The maximum Gasteiger partial charge on any atom is 0.352 e. The fourth-order valence-corrected chi connectivity index (χ4v) is 1.72. The van der Waals surface area contributed by atoms with Crippen LogP contribution in [0.2, 0.25) is 0 Å². The van der Waals surface area contributed by atoms with Crippen LogP contribution in [0.3, 0.4) is 0 Å². The summed E-state index contributed by atoms with van der Waals surface area (Å²) in [5, 5.41) is 8.86. The third kappa shape index (κ3) is 2.50. The molecule has 0 aliphatic carbocycles. The van der Waals surface area contributed by atoms with Crippen molar-refractivity contribution in [1.29, 1.82) is 0 Å². The van der Waals surface area contributed by atoms with Gasteiger partial charge in [-0.05, 0) is 19.2 Å². The van der Waals surface area contributed by atoms with Gasteiger partial charge in [-0.1, -0.05) is 0 Å². The Balaban J connectivity index is 0.000000980. The van der Waals surface area contributed by atoms with Crippen LogP contribution in [-0.2, 0) is 13.1 Å². The monoisotopic (exact) mass is 234 g/mol. The van der Waals surface area contributed by atoms with Gasteiger partial charge >= 0.3 is 5.97 Å². The van der Waals surface area contributed by atoms with E-state index in [0.29, 0.717) is 5.69 Å². The van der Waals surface area contributed by atoms with Crippen LogP contribution in [0, 0.1) is 0 Å². The third-order valence-electron chi connectivity index (χ3n) is 2.43. The van der Waals surface area contributed by atoms with Gasteiger partial charge in [0.2, 0.25) is 0 Å². The summed E-state index contributed by atoms with van der Waals surface area (Å²) in [6, 6.07) is 3.57. The van der Waals surface area contributed by atoms with Gasteiger partial charge in [0.25, 0.3) is 0 Å². The first-order valence-corrected chi connectivity index (χ1v) is 4.29. The van der Waals surface area contributed by atoms with Crippen molar-refractivity contribution in [3.63, 3.8) is 0 Å². The maximum atomic E-state index is 10.8. The summed E-state index contributed by atoms with van der Waals surface area (Å²) in [5.41, 5.74) is 1.49. The molecule has 0 aromatic carbocycles. The van der Waals surface area contributed by atoms with E-state index in [2.05, 4.69) is 4.90 Å². The zero-order valence-corrected chi connectivity index (χ0v) is 9.25. The van der Waals surface area contributed by atoms with Crippen molar-refractivity contribution in [2.75, 3.05) is 13.6 Å². The minimum absolute atomic E-state index is 0. The van der Waals surface area contributed by atoms with Crippen LogP contribution >= 0.6 is 12.4 Å². The number of nitrogens with zero attached hydrogens (tertiary/aromatic N) is 2. The molecule has 2 heterocycles. The van der Waals surface area contributed by atoms with Crippen molar-refractivity contribution >= 4 is 18.4 Å². The highest BCUT2D eigenvalue weighted by Crippen LogP contribution is 2.15. The zero-order chi connectivity index (χ0) is 9.42. The van der Waals surface area contributed by atoms with E-state index in [1.165, 1.54) is 0 Å². The fourth-order valence-electron chi connectivity index (χ4n) is 1.72. The number of halogens is 1. The van der Waals surface area contributed by atoms with Crippen molar-refractivity contribution in [2.24, 2.45) is 0 Å². The van der Waals surface area contributed by atoms with Gasteiger partial charge in [0, 0.05) is 25.3 Å². The molecule has 1 aliphatic rings. The first-order valence-electron chi connectivity index (χ1n) is 4.29. The van der Waals surface area contributed by atoms with Gasteiger partial charge in [-0.2, -0.15) is 0 Å². The molecule has 0 amide bonds. The van der Waals surface area contributed by atoms with E-state index in [-0.39, 0.29) is 17.9 Å². The van der Waals surface area contributed by atoms with E-state index in [0.717, 1.165) is 25.3 Å². The third-order valence-corrected chi connectivity index (χ3v) is 2.43. The van der Waals surface area contributed by atoms with Crippen LogP contribution in [0.5, 0.6) is 0 Å². The van der Waals surface area contributed by atoms with Gasteiger partial charge in [-0.15, -0.1) is 12.4 Å². The summed E-state index contributed by atoms with van der Waals surface area (Å²) < 4.78 is 1.88. The second-order valence-electron chi connectivity index (χ2n) is 3.40. The van der Waals surface area contributed by atoms with Gasteiger partial charge in [0.15, 0.2) is 0 Å². The second-order valence-corrected chi connectivity index (χ2v) is 3.40. The molecule has 0 spiro atoms. The van der Waals surface area contributed by atoms with Crippen molar-refractivity contribution in [2.45, 2.75) is 13.1 Å². The summed E-state index contributed by atoms with van der Waals surface area (Å²) in [4.78, 5) is 13.0. The lowest BCUT2D eigenvalue weighted by Gasteiger charge is -2.25. The Labute approximate surface area is 94.0 Å². The molecule has 0 fully saturated rings. The zero-order valence-electron chi connectivity index (χ0n) is 8.43. The molecule has 2 rings (SSSR count). The number of hydrogen-bond donors (Lipinski definition) is 1. The largest absolute Gasteiger partial charge is 0.477 e. The van der Waals surface area contributed by atoms with Gasteiger partial charge in [-0.3, -0.25) is 4.90 Å². The molecule has 1 aromatic rings. The molecule has 15 heavy (non-hydrogen) atoms. The summed E-state index contributed by atoms with van der Waals surface area (Å²) in [5.74, 6) is -0.837. The molecule has 1 aliphatic heterocycles. The first kappa shape index (κ1) is 14.0. The smallest absolute Gasteiger partial charge is 0.352 e. The lowest BCUT2D eigenvalue weighted by atomic mass is 10.3. The highest BCUT2D eigenvalue weighted by Gasteiger charge is 2.18. The predicted octanol–water partition coefficient (Wildman–Crippen LogP) is 0.229. The van der Waals surface area contributed by atoms with Crippen molar-refractivity contribution in [3.8, 4) is 0 Å². The van der Waals surface area contributed by atoms with Crippen molar-refractivity contribution in [1.82, 2.24) is 9.47 Å². The number of hydrogen-bond acceptors (Lipinski definition) is 2. The SMILES string of the molecule is CN1CCn2c(ccc2C(=O)O)C1.Cl.O. The number of rotatable bonds is 1. The van der Waals surface area contributed by atoms with Crippen LogP contribution in [0.4, 0.5) is 0 Å². The molecular formula is C9H15ClN2O3. The van der Waals surface area contributed by atoms with Gasteiger partial charge in [0.1, 0.15) is 5.69 Å². The molecule has 1 aromatic heterocycles. The molecule has 0 saturated heterocycles. The number of aromatic nitrogens is 1. The normalized spacial score (nSPS) is 14.7. The molecule has 6 heteroatoms. The highest BCUT2D eigenvalue weighted by molar-refractivity contribution is 5.86. The van der Waals surface area contributed by atoms with Crippen LogP contribution in [0.25, 0.3) is 0 Å². The average Bonchev–Trinajstić information content (AvgIpc) is 2.46. The molecule has 0 unspecified atom stereocenters. The Bertz CT molecular complexity index is 351. The highest BCUT2D eigenvalue weighted by atomic mass is 35.5. The van der Waals surface area contributed by atoms with Gasteiger partial charge < -0.3 is 15.1 Å². The number of carboxylic acids is 1. The van der Waals surface area contributed by atoms with Crippen LogP contribution in [0.1, 0.15) is 16.2 Å². The molecular weight excluding hydrogens is 220 g/mol. The summed E-state index contributed by atoms with van der Waals surface area (Å²) in [6.07, 6.45) is 0. The Morgan fingerprint density at radius 2 is 2.07 bits per heavy atom. The summed E-state index contributed by atoms with van der Waals surface area (Å²) in [6.45, 7) is 2.54. The standard InChI is InChI=1S/C9H12N2O2.ClH.H2O/c1-10-4-5-11-7(6-10)2-3-8(11)9(12)13;;/h2-3H,4-6H2,1H3,(H,12,13);1H;1H2. The average molecular weight is 235 g/mol. The van der Waals surface area contributed by atoms with Crippen LogP contribution in [0.15, 0.2) is 12.1 Å². The van der Waals surface area contributed by atoms with Crippen molar-refractivity contribution < 1.29 is 15.4 Å². The van der Waals surface area contributed by atoms with Gasteiger partial charge in [-0.25, -0.2) is 4.79 Å². The Hall–Kier alpha value is -1.04. The lowest BCUT2D eigenvalue weighted by Crippen LogP contribution is -2.31. The Morgan fingerprint density at radius 3 is 2.67 bits per heavy atom. The molecule has 5 nitrogen and oxygen atoms in total. The maximum absolute atomic E-state index is 10.8.